The van der Waals surface area contributed by atoms with E-state index in [0.717, 1.165) is 16.9 Å². The Bertz CT molecular complexity index is 699. The summed E-state index contributed by atoms with van der Waals surface area (Å²) in [5.74, 6) is 0.465. The van der Waals surface area contributed by atoms with Crippen molar-refractivity contribution in [3.63, 3.8) is 0 Å². The number of benzene rings is 1. The molecule has 1 heterocycles. The molecule has 0 aliphatic heterocycles. The van der Waals surface area contributed by atoms with Gasteiger partial charge >= 0.3 is 5.00 Å². The van der Waals surface area contributed by atoms with E-state index in [-0.39, 0.29) is 10.9 Å². The van der Waals surface area contributed by atoms with E-state index < -0.39 is 4.92 Å². The SMILES string of the molecule is COc1ccc(NC(C)=O)c(NCc2csc([N+](=O)[O-])c2)c1. The molecule has 0 atom stereocenters. The quantitative estimate of drug-likeness (QED) is 0.629. The molecule has 2 N–H and O–H groups in total. The van der Waals surface area contributed by atoms with E-state index in [1.165, 1.54) is 13.0 Å². The summed E-state index contributed by atoms with van der Waals surface area (Å²) < 4.78 is 5.16. The van der Waals surface area contributed by atoms with Gasteiger partial charge in [-0.3, -0.25) is 14.9 Å². The number of thiophene rings is 1. The highest BCUT2D eigenvalue weighted by atomic mass is 32.1. The molecule has 1 aromatic carbocycles. The lowest BCUT2D eigenvalue weighted by atomic mass is 10.2. The van der Waals surface area contributed by atoms with Crippen molar-refractivity contribution < 1.29 is 14.5 Å². The number of rotatable bonds is 6. The summed E-state index contributed by atoms with van der Waals surface area (Å²) in [5, 5.41) is 18.4. The molecule has 0 aliphatic rings. The molecule has 7 nitrogen and oxygen atoms in total. The van der Waals surface area contributed by atoms with Gasteiger partial charge in [0, 0.05) is 31.0 Å². The molecule has 116 valence electrons. The third-order valence-corrected chi connectivity index (χ3v) is 3.77. The molecule has 2 aromatic rings. The zero-order valence-corrected chi connectivity index (χ0v) is 12.9. The molecule has 0 saturated heterocycles. The lowest BCUT2D eigenvalue weighted by molar-refractivity contribution is -0.380. The molecular formula is C14H15N3O4S. The summed E-state index contributed by atoms with van der Waals surface area (Å²) in [4.78, 5) is 21.5. The zero-order valence-electron chi connectivity index (χ0n) is 12.1. The molecule has 0 bridgehead atoms. The van der Waals surface area contributed by atoms with Crippen LogP contribution in [-0.4, -0.2) is 17.9 Å². The Hall–Kier alpha value is -2.61. The fraction of sp³-hybridized carbons (Fsp3) is 0.214. The van der Waals surface area contributed by atoms with Gasteiger partial charge in [0.15, 0.2) is 0 Å². The second-order valence-corrected chi connectivity index (χ2v) is 5.39. The van der Waals surface area contributed by atoms with Crippen LogP contribution >= 0.6 is 11.3 Å². The van der Waals surface area contributed by atoms with Crippen LogP contribution in [0.25, 0.3) is 0 Å². The second-order valence-electron chi connectivity index (χ2n) is 4.50. The van der Waals surface area contributed by atoms with Crippen LogP contribution in [0.2, 0.25) is 0 Å². The predicted octanol–water partition coefficient (Wildman–Crippen LogP) is 3.24. The summed E-state index contributed by atoms with van der Waals surface area (Å²) in [7, 11) is 1.55. The number of hydrogen-bond acceptors (Lipinski definition) is 6. The summed E-state index contributed by atoms with van der Waals surface area (Å²) >= 11 is 1.08. The average Bonchev–Trinajstić information content (AvgIpc) is 2.95. The lowest BCUT2D eigenvalue weighted by Crippen LogP contribution is -2.09. The first-order valence-electron chi connectivity index (χ1n) is 6.41. The van der Waals surface area contributed by atoms with Crippen LogP contribution in [-0.2, 0) is 11.3 Å². The zero-order chi connectivity index (χ0) is 16.1. The van der Waals surface area contributed by atoms with Crippen LogP contribution in [0.4, 0.5) is 16.4 Å². The number of carbonyl (C=O) groups excluding carboxylic acids is 1. The van der Waals surface area contributed by atoms with Gasteiger partial charge in [0.05, 0.1) is 23.4 Å². The first-order chi connectivity index (χ1) is 10.5. The predicted molar refractivity (Wildman–Crippen MR) is 85.6 cm³/mol. The van der Waals surface area contributed by atoms with E-state index in [2.05, 4.69) is 10.6 Å². The average molecular weight is 321 g/mol. The molecular weight excluding hydrogens is 306 g/mol. The maximum absolute atomic E-state index is 11.2. The van der Waals surface area contributed by atoms with Gasteiger partial charge in [-0.15, -0.1) is 0 Å². The van der Waals surface area contributed by atoms with Crippen LogP contribution in [0.15, 0.2) is 29.6 Å². The Morgan fingerprint density at radius 3 is 2.73 bits per heavy atom. The van der Waals surface area contributed by atoms with Crippen molar-refractivity contribution in [2.75, 3.05) is 17.7 Å². The maximum atomic E-state index is 11.2. The molecule has 8 heteroatoms. The number of nitrogens with one attached hydrogen (secondary N) is 2. The fourth-order valence-corrected chi connectivity index (χ4v) is 2.57. The number of nitro groups is 1. The number of anilines is 2. The number of hydrogen-bond donors (Lipinski definition) is 2. The molecule has 1 amide bonds. The highest BCUT2D eigenvalue weighted by molar-refractivity contribution is 7.13. The number of methoxy groups -OCH3 is 1. The second kappa shape index (κ2) is 6.90. The van der Waals surface area contributed by atoms with Crippen molar-refractivity contribution in [3.8, 4) is 5.75 Å². The third-order valence-electron chi connectivity index (χ3n) is 2.84. The van der Waals surface area contributed by atoms with Crippen molar-refractivity contribution in [2.24, 2.45) is 0 Å². The van der Waals surface area contributed by atoms with Crippen LogP contribution in [0.1, 0.15) is 12.5 Å². The van der Waals surface area contributed by atoms with Gasteiger partial charge in [0.1, 0.15) is 5.75 Å². The smallest absolute Gasteiger partial charge is 0.324 e. The Balaban J connectivity index is 2.15. The van der Waals surface area contributed by atoms with Gasteiger partial charge in [-0.25, -0.2) is 0 Å². The van der Waals surface area contributed by atoms with E-state index in [9.17, 15) is 14.9 Å². The highest BCUT2D eigenvalue weighted by Gasteiger charge is 2.11. The molecule has 0 aliphatic carbocycles. The summed E-state index contributed by atoms with van der Waals surface area (Å²) in [6.07, 6.45) is 0. The molecule has 0 radical (unpaired) electrons. The van der Waals surface area contributed by atoms with Crippen LogP contribution in [0.5, 0.6) is 5.75 Å². The van der Waals surface area contributed by atoms with Gasteiger partial charge in [-0.2, -0.15) is 0 Å². The summed E-state index contributed by atoms with van der Waals surface area (Å²) in [6.45, 7) is 1.83. The minimum Gasteiger partial charge on any atom is -0.497 e. The van der Waals surface area contributed by atoms with E-state index in [1.54, 1.807) is 30.7 Å². The molecule has 0 spiro atoms. The molecule has 22 heavy (non-hydrogen) atoms. The number of nitrogens with zero attached hydrogens (tertiary/aromatic N) is 1. The minimum absolute atomic E-state index is 0.101. The van der Waals surface area contributed by atoms with Gasteiger partial charge < -0.3 is 15.4 Å². The summed E-state index contributed by atoms with van der Waals surface area (Å²) in [6, 6.07) is 6.76. The van der Waals surface area contributed by atoms with Crippen LogP contribution in [0, 0.1) is 10.1 Å². The van der Waals surface area contributed by atoms with Crippen molar-refractivity contribution >= 4 is 33.6 Å². The van der Waals surface area contributed by atoms with Crippen LogP contribution in [0.3, 0.4) is 0 Å². The molecule has 1 aromatic heterocycles. The Morgan fingerprint density at radius 2 is 2.14 bits per heavy atom. The number of amides is 1. The number of ether oxygens (including phenoxy) is 1. The standard InChI is InChI=1S/C14H15N3O4S/c1-9(18)16-12-4-3-11(21-2)6-13(12)15-7-10-5-14(17(19)20)22-8-10/h3-6,8,15H,7H2,1-2H3,(H,16,18). The van der Waals surface area contributed by atoms with Gasteiger partial charge in [0.2, 0.25) is 5.91 Å². The lowest BCUT2D eigenvalue weighted by Gasteiger charge is -2.13. The molecule has 0 unspecified atom stereocenters. The van der Waals surface area contributed by atoms with Crippen molar-refractivity contribution in [3.05, 3.63) is 45.3 Å². The van der Waals surface area contributed by atoms with E-state index in [1.807, 2.05) is 0 Å². The van der Waals surface area contributed by atoms with Crippen molar-refractivity contribution in [1.29, 1.82) is 0 Å². The Morgan fingerprint density at radius 1 is 1.36 bits per heavy atom. The topological polar surface area (TPSA) is 93.5 Å². The van der Waals surface area contributed by atoms with Gasteiger partial charge in [-0.1, -0.05) is 11.3 Å². The number of carbonyl (C=O) groups is 1. The first-order valence-corrected chi connectivity index (χ1v) is 7.29. The van der Waals surface area contributed by atoms with E-state index in [0.29, 0.717) is 23.7 Å². The van der Waals surface area contributed by atoms with Gasteiger partial charge in [0.25, 0.3) is 0 Å². The molecule has 0 fully saturated rings. The van der Waals surface area contributed by atoms with Crippen LogP contribution < -0.4 is 15.4 Å². The maximum Gasteiger partial charge on any atom is 0.324 e. The Labute approximate surface area is 131 Å². The van der Waals surface area contributed by atoms with Crippen molar-refractivity contribution in [1.82, 2.24) is 0 Å². The van der Waals surface area contributed by atoms with Gasteiger partial charge in [-0.05, 0) is 17.7 Å². The first kappa shape index (κ1) is 15.8. The largest absolute Gasteiger partial charge is 0.497 e. The Kier molecular flexibility index (Phi) is 4.95. The third kappa shape index (κ3) is 3.95. The molecule has 0 saturated carbocycles. The fourth-order valence-electron chi connectivity index (χ4n) is 1.84. The minimum atomic E-state index is -0.414. The highest BCUT2D eigenvalue weighted by Crippen LogP contribution is 2.29. The normalized spacial score (nSPS) is 10.1. The van der Waals surface area contributed by atoms with E-state index >= 15 is 0 Å². The monoisotopic (exact) mass is 321 g/mol. The summed E-state index contributed by atoms with van der Waals surface area (Å²) in [5.41, 5.74) is 2.11. The van der Waals surface area contributed by atoms with E-state index in [4.69, 9.17) is 4.74 Å². The molecule has 2 rings (SSSR count). The van der Waals surface area contributed by atoms with Crippen molar-refractivity contribution in [2.45, 2.75) is 13.5 Å².